The van der Waals surface area contributed by atoms with E-state index < -0.39 is 5.82 Å². The van der Waals surface area contributed by atoms with Gasteiger partial charge in [0, 0.05) is 12.8 Å². The summed E-state index contributed by atoms with van der Waals surface area (Å²) >= 11 is 0. The molecule has 14 heavy (non-hydrogen) atoms. The summed E-state index contributed by atoms with van der Waals surface area (Å²) < 4.78 is 23.1. The van der Waals surface area contributed by atoms with Crippen LogP contribution >= 0.6 is 0 Å². The van der Waals surface area contributed by atoms with Crippen molar-refractivity contribution in [2.24, 2.45) is 0 Å². The highest BCUT2D eigenvalue weighted by Gasteiger charge is 2.16. The summed E-state index contributed by atoms with van der Waals surface area (Å²) in [6, 6.07) is 0.235. The molecule has 1 saturated heterocycles. The van der Waals surface area contributed by atoms with Crippen molar-refractivity contribution in [2.75, 3.05) is 13.2 Å². The quantitative estimate of drug-likeness (QED) is 0.715. The van der Waals surface area contributed by atoms with Gasteiger partial charge in [-0.15, -0.1) is 0 Å². The molecule has 0 unspecified atom stereocenters. The molecule has 5 heteroatoms. The number of hydrogen-bond acceptors (Lipinski definition) is 4. The third kappa shape index (κ3) is 2.38. The van der Waals surface area contributed by atoms with Crippen molar-refractivity contribution in [2.45, 2.75) is 18.9 Å². The first-order valence-electron chi connectivity index (χ1n) is 4.56. The summed E-state index contributed by atoms with van der Waals surface area (Å²) in [5.74, 6) is -0.454. The topological polar surface area (TPSA) is 44.2 Å². The van der Waals surface area contributed by atoms with Gasteiger partial charge in [0.1, 0.15) is 6.10 Å². The van der Waals surface area contributed by atoms with Crippen LogP contribution in [0.5, 0.6) is 6.01 Å². The van der Waals surface area contributed by atoms with E-state index in [1.165, 1.54) is 0 Å². The Kier molecular flexibility index (Phi) is 2.88. The van der Waals surface area contributed by atoms with Crippen LogP contribution in [0.2, 0.25) is 0 Å². The van der Waals surface area contributed by atoms with E-state index in [1.54, 1.807) is 0 Å². The third-order valence-corrected chi connectivity index (χ3v) is 2.04. The molecule has 1 aliphatic heterocycles. The maximum Gasteiger partial charge on any atom is 0.316 e. The molecule has 0 aromatic carbocycles. The standard InChI is InChI=1S/C9H11FN2O2/c10-7-5-11-9(12-6-7)14-8-1-3-13-4-2-8/h5-6,8H,1-4H2. The molecule has 0 aliphatic carbocycles. The van der Waals surface area contributed by atoms with Gasteiger partial charge in [0.25, 0.3) is 0 Å². The van der Waals surface area contributed by atoms with Gasteiger partial charge < -0.3 is 9.47 Å². The summed E-state index contributed by atoms with van der Waals surface area (Å²) in [6.07, 6.45) is 3.96. The monoisotopic (exact) mass is 198 g/mol. The Morgan fingerprint density at radius 3 is 2.57 bits per heavy atom. The van der Waals surface area contributed by atoms with Gasteiger partial charge in [-0.1, -0.05) is 0 Å². The average molecular weight is 198 g/mol. The lowest BCUT2D eigenvalue weighted by Gasteiger charge is -2.21. The summed E-state index contributed by atoms with van der Waals surface area (Å²) in [5.41, 5.74) is 0. The molecule has 0 amide bonds. The Morgan fingerprint density at radius 2 is 1.93 bits per heavy atom. The first-order valence-corrected chi connectivity index (χ1v) is 4.56. The molecule has 2 heterocycles. The SMILES string of the molecule is Fc1cnc(OC2CCOCC2)nc1. The van der Waals surface area contributed by atoms with E-state index in [4.69, 9.17) is 9.47 Å². The van der Waals surface area contributed by atoms with Crippen LogP contribution in [-0.4, -0.2) is 29.3 Å². The maximum absolute atomic E-state index is 12.5. The molecule has 0 radical (unpaired) electrons. The Labute approximate surface area is 81.1 Å². The fraction of sp³-hybridized carbons (Fsp3) is 0.556. The van der Waals surface area contributed by atoms with Crippen LogP contribution in [-0.2, 0) is 4.74 Å². The lowest BCUT2D eigenvalue weighted by Crippen LogP contribution is -2.26. The van der Waals surface area contributed by atoms with E-state index in [-0.39, 0.29) is 12.1 Å². The van der Waals surface area contributed by atoms with Crippen LogP contribution in [0.15, 0.2) is 12.4 Å². The highest BCUT2D eigenvalue weighted by Crippen LogP contribution is 2.13. The predicted molar refractivity (Wildman–Crippen MR) is 46.5 cm³/mol. The molecule has 1 aromatic heterocycles. The van der Waals surface area contributed by atoms with Crippen molar-refractivity contribution in [3.8, 4) is 6.01 Å². The average Bonchev–Trinajstić information content (AvgIpc) is 2.23. The van der Waals surface area contributed by atoms with Crippen molar-refractivity contribution >= 4 is 0 Å². The van der Waals surface area contributed by atoms with Crippen molar-refractivity contribution in [1.29, 1.82) is 0 Å². The highest BCUT2D eigenvalue weighted by molar-refractivity contribution is 4.96. The van der Waals surface area contributed by atoms with E-state index in [2.05, 4.69) is 9.97 Å². The normalized spacial score (nSPS) is 18.1. The number of nitrogens with zero attached hydrogens (tertiary/aromatic N) is 2. The lowest BCUT2D eigenvalue weighted by atomic mass is 10.2. The fourth-order valence-corrected chi connectivity index (χ4v) is 1.30. The number of ether oxygens (including phenoxy) is 2. The van der Waals surface area contributed by atoms with Crippen LogP contribution < -0.4 is 4.74 Å². The molecule has 0 saturated carbocycles. The van der Waals surface area contributed by atoms with Gasteiger partial charge in [-0.3, -0.25) is 0 Å². The molecule has 1 aromatic rings. The van der Waals surface area contributed by atoms with Gasteiger partial charge in [0.2, 0.25) is 0 Å². The van der Waals surface area contributed by atoms with Crippen LogP contribution in [0.3, 0.4) is 0 Å². The lowest BCUT2D eigenvalue weighted by molar-refractivity contribution is 0.0216. The first-order chi connectivity index (χ1) is 6.84. The first kappa shape index (κ1) is 9.33. The number of rotatable bonds is 2. The molecule has 76 valence electrons. The van der Waals surface area contributed by atoms with Gasteiger partial charge in [0.15, 0.2) is 5.82 Å². The number of aromatic nitrogens is 2. The summed E-state index contributed by atoms with van der Waals surface area (Å²) in [4.78, 5) is 7.45. The molecule has 1 aliphatic rings. The number of hydrogen-bond donors (Lipinski definition) is 0. The van der Waals surface area contributed by atoms with Gasteiger partial charge >= 0.3 is 6.01 Å². The van der Waals surface area contributed by atoms with E-state index in [9.17, 15) is 4.39 Å². The zero-order valence-corrected chi connectivity index (χ0v) is 7.65. The van der Waals surface area contributed by atoms with Crippen LogP contribution in [0.1, 0.15) is 12.8 Å². The molecule has 0 atom stereocenters. The Hall–Kier alpha value is -1.23. The summed E-state index contributed by atoms with van der Waals surface area (Å²) in [7, 11) is 0. The third-order valence-electron chi connectivity index (χ3n) is 2.04. The molecule has 1 fully saturated rings. The van der Waals surface area contributed by atoms with Gasteiger partial charge in [-0.2, -0.15) is 0 Å². The maximum atomic E-state index is 12.5. The molecular formula is C9H11FN2O2. The minimum Gasteiger partial charge on any atom is -0.460 e. The molecule has 0 bridgehead atoms. The van der Waals surface area contributed by atoms with Crippen molar-refractivity contribution in [1.82, 2.24) is 9.97 Å². The molecule has 2 rings (SSSR count). The Balaban J connectivity index is 1.92. The minimum absolute atomic E-state index is 0.0919. The smallest absolute Gasteiger partial charge is 0.316 e. The Bertz CT molecular complexity index is 285. The van der Waals surface area contributed by atoms with E-state index >= 15 is 0 Å². The highest BCUT2D eigenvalue weighted by atomic mass is 19.1. The van der Waals surface area contributed by atoms with Crippen molar-refractivity contribution in [3.05, 3.63) is 18.2 Å². The predicted octanol–water partition coefficient (Wildman–Crippen LogP) is 1.17. The second-order valence-corrected chi connectivity index (χ2v) is 3.11. The molecule has 0 spiro atoms. The van der Waals surface area contributed by atoms with Gasteiger partial charge in [-0.05, 0) is 0 Å². The van der Waals surface area contributed by atoms with E-state index in [1.807, 2.05) is 0 Å². The molecular weight excluding hydrogens is 187 g/mol. The Morgan fingerprint density at radius 1 is 1.29 bits per heavy atom. The summed E-state index contributed by atoms with van der Waals surface area (Å²) in [5, 5.41) is 0. The second-order valence-electron chi connectivity index (χ2n) is 3.11. The zero-order chi connectivity index (χ0) is 9.80. The van der Waals surface area contributed by atoms with Gasteiger partial charge in [-0.25, -0.2) is 14.4 Å². The van der Waals surface area contributed by atoms with Crippen LogP contribution in [0, 0.1) is 5.82 Å². The van der Waals surface area contributed by atoms with E-state index in [0.29, 0.717) is 13.2 Å². The fourth-order valence-electron chi connectivity index (χ4n) is 1.30. The summed E-state index contributed by atoms with van der Waals surface area (Å²) in [6.45, 7) is 1.40. The van der Waals surface area contributed by atoms with Crippen molar-refractivity contribution in [3.63, 3.8) is 0 Å². The zero-order valence-electron chi connectivity index (χ0n) is 7.65. The van der Waals surface area contributed by atoms with Crippen LogP contribution in [0.25, 0.3) is 0 Å². The number of halogens is 1. The molecule has 0 N–H and O–H groups in total. The van der Waals surface area contributed by atoms with Gasteiger partial charge in [0.05, 0.1) is 25.6 Å². The minimum atomic E-state index is -0.454. The second kappa shape index (κ2) is 4.32. The molecule has 4 nitrogen and oxygen atoms in total. The largest absolute Gasteiger partial charge is 0.460 e. The van der Waals surface area contributed by atoms with E-state index in [0.717, 1.165) is 25.2 Å². The van der Waals surface area contributed by atoms with Crippen molar-refractivity contribution < 1.29 is 13.9 Å². The van der Waals surface area contributed by atoms with Crippen LogP contribution in [0.4, 0.5) is 4.39 Å².